The van der Waals surface area contributed by atoms with Gasteiger partial charge < -0.3 is 124 Å². The van der Waals surface area contributed by atoms with Gasteiger partial charge in [-0.1, -0.05) is 20.3 Å². The van der Waals surface area contributed by atoms with Gasteiger partial charge in [-0.15, -0.1) is 0 Å². The zero-order valence-electron chi connectivity index (χ0n) is 42.4. The monoisotopic (exact) mass is 1070 g/mol. The van der Waals surface area contributed by atoms with Crippen LogP contribution in [0.1, 0.15) is 68.7 Å². The summed E-state index contributed by atoms with van der Waals surface area (Å²) >= 11 is 0. The van der Waals surface area contributed by atoms with Gasteiger partial charge in [0.05, 0.1) is 45.7 Å². The van der Waals surface area contributed by atoms with Crippen LogP contribution < -0.4 is 14.8 Å². The molecular weight excluding hydrogens is 991 g/mol. The van der Waals surface area contributed by atoms with Crippen molar-refractivity contribution in [1.29, 1.82) is 0 Å². The highest BCUT2D eigenvalue weighted by Gasteiger charge is 2.53. The van der Waals surface area contributed by atoms with Gasteiger partial charge in [-0.25, -0.2) is 0 Å². The highest BCUT2D eigenvalue weighted by atomic mass is 16.8. The molecule has 0 spiro atoms. The summed E-state index contributed by atoms with van der Waals surface area (Å²) in [5.41, 5.74) is 3.04. The van der Waals surface area contributed by atoms with E-state index in [9.17, 15) is 76.3 Å². The lowest BCUT2D eigenvalue weighted by molar-refractivity contribution is -0.362. The van der Waals surface area contributed by atoms with Gasteiger partial charge in [0.2, 0.25) is 0 Å². The lowest BCUT2D eigenvalue weighted by Crippen LogP contribution is -2.65. The van der Waals surface area contributed by atoms with E-state index in [2.05, 4.69) is 26.1 Å². The molecule has 5 heterocycles. The molecule has 1 aromatic carbocycles. The average Bonchev–Trinajstić information content (AvgIpc) is 3.37. The minimum Gasteiger partial charge on any atom is -0.487 e. The molecule has 4 fully saturated rings. The number of hydrogen-bond donors (Lipinski definition) is 15. The van der Waals surface area contributed by atoms with E-state index in [4.69, 9.17) is 47.4 Å². The van der Waals surface area contributed by atoms with Crippen molar-refractivity contribution in [3.05, 3.63) is 22.3 Å². The summed E-state index contributed by atoms with van der Waals surface area (Å²) in [5.74, 6) is 1.12. The van der Waals surface area contributed by atoms with Crippen molar-refractivity contribution in [2.45, 2.75) is 208 Å². The third kappa shape index (κ3) is 13.6. The molecule has 26 nitrogen and oxygen atoms in total. The molecular formula is C48H79NO25. The number of rotatable bonds is 22. The van der Waals surface area contributed by atoms with Crippen molar-refractivity contribution < 1.29 is 124 Å². The van der Waals surface area contributed by atoms with Gasteiger partial charge >= 0.3 is 0 Å². The Kier molecular flexibility index (Phi) is 21.6. The third-order valence-corrected chi connectivity index (χ3v) is 14.6. The summed E-state index contributed by atoms with van der Waals surface area (Å²) in [7, 11) is 0. The molecule has 5 aliphatic rings. The first-order valence-electron chi connectivity index (χ1n) is 25.1. The maximum atomic E-state index is 13.8. The molecule has 5 aliphatic heterocycles. The average molecular weight is 1070 g/mol. The Labute approximate surface area is 428 Å². The molecule has 0 aliphatic carbocycles. The smallest absolute Gasteiger partial charge is 0.258 e. The fourth-order valence-corrected chi connectivity index (χ4v) is 9.90. The highest BCUT2D eigenvalue weighted by molar-refractivity contribution is 5.78. The number of hydrogen-bond acceptors (Lipinski definition) is 25. The van der Waals surface area contributed by atoms with Crippen LogP contribution in [0.4, 0.5) is 0 Å². The molecule has 26 heteroatoms. The highest BCUT2D eigenvalue weighted by Crippen LogP contribution is 2.45. The normalized spacial score (nSPS) is 40.1. The standard InChI is InChI=1S/C48H79NO25/c1-19(2)8-7-10-48(6)11-9-24-22(5)40(20(3)21(4)41(24)74-48)65-18-29(54)49-23(16-66-44-38(63)34(59)42(27(14-52)70-44)72-46-36(61)32(57)30(55)25(12-50)68-46)17-67-45-39(64)35(60)43(28(15-53)71-45)73-47-37(62)33(58)31(56)26(13-51)69-47/h19,23,25-28,30-39,42-47,50-53,55-64H,7-18H2,1-6H3,(H,49,54)/t23?,25?,26?,27?,28?,30-,31-,32+,33+,34-,35-,36?,37?,38?,39?,42-,43-,44-,45-,46-,47+,48?/m1/s1. The van der Waals surface area contributed by atoms with Crippen LogP contribution >= 0.6 is 0 Å². The number of carbonyl (C=O) groups is 1. The first-order valence-corrected chi connectivity index (χ1v) is 25.1. The van der Waals surface area contributed by atoms with Crippen LogP contribution in [0.2, 0.25) is 0 Å². The lowest BCUT2D eigenvalue weighted by Gasteiger charge is -2.46. The van der Waals surface area contributed by atoms with E-state index in [0.717, 1.165) is 60.1 Å². The molecule has 0 aromatic heterocycles. The predicted octanol–water partition coefficient (Wildman–Crippen LogP) is -5.33. The fraction of sp³-hybridized carbons (Fsp3) is 0.854. The van der Waals surface area contributed by atoms with Crippen LogP contribution in [0.15, 0.2) is 0 Å². The van der Waals surface area contributed by atoms with Gasteiger partial charge in [0, 0.05) is 5.56 Å². The summed E-state index contributed by atoms with van der Waals surface area (Å²) in [6.45, 7) is 7.12. The van der Waals surface area contributed by atoms with E-state index in [1.54, 1.807) is 0 Å². The van der Waals surface area contributed by atoms with Gasteiger partial charge in [-0.05, 0) is 76.0 Å². The number of aliphatic hydroxyl groups excluding tert-OH is 14. The lowest BCUT2D eigenvalue weighted by atomic mass is 9.84. The largest absolute Gasteiger partial charge is 0.487 e. The van der Waals surface area contributed by atoms with E-state index in [0.29, 0.717) is 11.7 Å². The van der Waals surface area contributed by atoms with Crippen LogP contribution in [-0.4, -0.2) is 258 Å². The van der Waals surface area contributed by atoms with Gasteiger partial charge in [-0.2, -0.15) is 0 Å². The van der Waals surface area contributed by atoms with Crippen molar-refractivity contribution in [3.8, 4) is 11.5 Å². The molecule has 10 unspecified atom stereocenters. The maximum absolute atomic E-state index is 13.8. The molecule has 22 atom stereocenters. The SMILES string of the molecule is Cc1c(C)c2c(c(C)c1OCC(=O)NC(CO[C@@H]1OC(CO)[C@@H](O[C@H]3OC(CO)[C@@H](O)[C@H](O)C3O)[C@H](O)C1O)CO[C@@H]1OC(CO)[C@@H](O[C@@H]3OC(CO)[C@@H](O)[C@H](O)C3O)[C@H](O)C1O)CCC(C)(CCCC(C)C)O2. The number of benzene rings is 1. The van der Waals surface area contributed by atoms with Gasteiger partial charge in [0.25, 0.3) is 5.91 Å². The Bertz CT molecular complexity index is 1870. The van der Waals surface area contributed by atoms with Crippen molar-refractivity contribution in [2.24, 2.45) is 5.92 Å². The second-order valence-corrected chi connectivity index (χ2v) is 20.6. The number of ether oxygens (including phenoxy) is 10. The Morgan fingerprint density at radius 1 is 0.608 bits per heavy atom. The minimum atomic E-state index is -1.96. The van der Waals surface area contributed by atoms with Crippen molar-refractivity contribution in [3.63, 3.8) is 0 Å². The van der Waals surface area contributed by atoms with Crippen molar-refractivity contribution >= 4 is 5.91 Å². The fourth-order valence-electron chi connectivity index (χ4n) is 9.90. The van der Waals surface area contributed by atoms with Crippen LogP contribution in [0, 0.1) is 26.7 Å². The summed E-state index contributed by atoms with van der Waals surface area (Å²) < 4.78 is 58.1. The first kappa shape index (κ1) is 60.6. The molecule has 426 valence electrons. The van der Waals surface area contributed by atoms with Crippen LogP contribution in [-0.2, 0) is 49.1 Å². The van der Waals surface area contributed by atoms with Crippen LogP contribution in [0.25, 0.3) is 0 Å². The molecule has 0 bridgehead atoms. The molecule has 1 aromatic rings. The van der Waals surface area contributed by atoms with Crippen LogP contribution in [0.3, 0.4) is 0 Å². The summed E-state index contributed by atoms with van der Waals surface area (Å²) in [6.07, 6.45) is -30.4. The zero-order valence-corrected chi connectivity index (χ0v) is 42.4. The maximum Gasteiger partial charge on any atom is 0.258 e. The summed E-state index contributed by atoms with van der Waals surface area (Å²) in [6, 6.07) is -1.26. The van der Waals surface area contributed by atoms with E-state index >= 15 is 0 Å². The molecule has 0 saturated carbocycles. The van der Waals surface area contributed by atoms with E-state index in [1.807, 2.05) is 20.8 Å². The molecule has 4 saturated heterocycles. The summed E-state index contributed by atoms with van der Waals surface area (Å²) in [4.78, 5) is 13.8. The number of carbonyl (C=O) groups excluding carboxylic acids is 1. The number of fused-ring (bicyclic) bond motifs is 1. The third-order valence-electron chi connectivity index (χ3n) is 14.6. The second-order valence-electron chi connectivity index (χ2n) is 20.6. The van der Waals surface area contributed by atoms with Crippen molar-refractivity contribution in [1.82, 2.24) is 5.32 Å². The zero-order chi connectivity index (χ0) is 54.5. The van der Waals surface area contributed by atoms with Gasteiger partial charge in [0.15, 0.2) is 31.8 Å². The van der Waals surface area contributed by atoms with Crippen LogP contribution in [0.5, 0.6) is 11.5 Å². The Hall–Kier alpha value is -2.59. The first-order chi connectivity index (χ1) is 35.0. The van der Waals surface area contributed by atoms with Gasteiger partial charge in [-0.3, -0.25) is 4.79 Å². The predicted molar refractivity (Wildman–Crippen MR) is 249 cm³/mol. The molecule has 15 N–H and O–H groups in total. The molecule has 1 amide bonds. The number of amides is 1. The Morgan fingerprint density at radius 3 is 1.50 bits per heavy atom. The Balaban J connectivity index is 1.15. The van der Waals surface area contributed by atoms with E-state index in [1.165, 1.54) is 0 Å². The molecule has 0 radical (unpaired) electrons. The van der Waals surface area contributed by atoms with Crippen molar-refractivity contribution in [2.75, 3.05) is 46.2 Å². The summed E-state index contributed by atoms with van der Waals surface area (Å²) in [5, 5.41) is 149. The topological polar surface area (TPSA) is 405 Å². The minimum absolute atomic E-state index is 0.342. The Morgan fingerprint density at radius 2 is 1.05 bits per heavy atom. The number of aliphatic hydroxyl groups is 14. The second kappa shape index (κ2) is 26.4. The van der Waals surface area contributed by atoms with Gasteiger partial charge in [0.1, 0.15) is 115 Å². The molecule has 6 rings (SSSR count). The van der Waals surface area contributed by atoms with E-state index < -0.39 is 181 Å². The molecule has 74 heavy (non-hydrogen) atoms. The van der Waals surface area contributed by atoms with E-state index in [-0.39, 0.29) is 5.60 Å². The quantitative estimate of drug-likeness (QED) is 0.0516. The number of nitrogens with one attached hydrogen (secondary N) is 1.